The highest BCUT2D eigenvalue weighted by Gasteiger charge is 2.18. The highest BCUT2D eigenvalue weighted by molar-refractivity contribution is 7.63. The summed E-state index contributed by atoms with van der Waals surface area (Å²) in [5.41, 5.74) is 6.88. The van der Waals surface area contributed by atoms with Gasteiger partial charge in [-0.15, -0.1) is 5.54 Å². The van der Waals surface area contributed by atoms with Gasteiger partial charge < -0.3 is 0 Å². The third kappa shape index (κ3) is 8.60. The average Bonchev–Trinajstić information content (AvgIpc) is 1.78. The summed E-state index contributed by atoms with van der Waals surface area (Å²) in [6, 6.07) is 0. The van der Waals surface area contributed by atoms with Crippen molar-refractivity contribution in [3.05, 3.63) is 0 Å². The SMILES string of the molecule is C[P@](C#C[Si](C)(C)C)C(C)(C)C.[B]. The van der Waals surface area contributed by atoms with E-state index in [-0.39, 0.29) is 16.3 Å². The molecule has 0 N–H and O–H groups in total. The molecule has 0 nitrogen and oxygen atoms in total. The topological polar surface area (TPSA) is 0 Å². The first-order valence-electron chi connectivity index (χ1n) is 4.39. The predicted octanol–water partition coefficient (Wildman–Crippen LogP) is 3.35. The Morgan fingerprint density at radius 1 is 1.08 bits per heavy atom. The van der Waals surface area contributed by atoms with Crippen LogP contribution in [0, 0.1) is 11.2 Å². The normalized spacial score (nSPS) is 13.8. The van der Waals surface area contributed by atoms with Crippen molar-refractivity contribution in [1.82, 2.24) is 0 Å². The smallest absolute Gasteiger partial charge is 0.127 e. The first-order chi connectivity index (χ1) is 5.13. The largest absolute Gasteiger partial charge is 0.129 e. The van der Waals surface area contributed by atoms with Gasteiger partial charge in [0.25, 0.3) is 0 Å². The van der Waals surface area contributed by atoms with Crippen molar-refractivity contribution in [1.29, 1.82) is 0 Å². The van der Waals surface area contributed by atoms with Crippen molar-refractivity contribution in [2.45, 2.75) is 45.6 Å². The molecule has 0 spiro atoms. The van der Waals surface area contributed by atoms with Gasteiger partial charge in [-0.1, -0.05) is 46.1 Å². The molecule has 0 saturated heterocycles. The summed E-state index contributed by atoms with van der Waals surface area (Å²) in [4.78, 5) is 0. The van der Waals surface area contributed by atoms with E-state index in [0.29, 0.717) is 5.16 Å². The molecule has 1 atom stereocenters. The van der Waals surface area contributed by atoms with Gasteiger partial charge >= 0.3 is 0 Å². The van der Waals surface area contributed by atoms with Crippen molar-refractivity contribution in [3.8, 4) is 11.2 Å². The molecule has 0 aromatic rings. The highest BCUT2D eigenvalue weighted by Crippen LogP contribution is 2.44. The van der Waals surface area contributed by atoms with Crippen LogP contribution in [0.2, 0.25) is 19.6 Å². The summed E-state index contributed by atoms with van der Waals surface area (Å²) in [6.45, 7) is 16.0. The Hall–Kier alpha value is 0.272. The van der Waals surface area contributed by atoms with Gasteiger partial charge in [-0.3, -0.25) is 0 Å². The van der Waals surface area contributed by atoms with Gasteiger partial charge in [-0.05, 0) is 19.7 Å². The molecule has 0 rings (SSSR count). The first-order valence-corrected chi connectivity index (χ1v) is 9.68. The zero-order chi connectivity index (χ0) is 9.99. The van der Waals surface area contributed by atoms with E-state index in [1.54, 1.807) is 0 Å². The van der Waals surface area contributed by atoms with Crippen LogP contribution in [-0.4, -0.2) is 28.3 Å². The lowest BCUT2D eigenvalue weighted by molar-refractivity contribution is 0.791. The summed E-state index contributed by atoms with van der Waals surface area (Å²) in [7, 11) is -1.26. The van der Waals surface area contributed by atoms with Crippen LogP contribution in [0.5, 0.6) is 0 Å². The molecule has 0 heterocycles. The summed E-state index contributed by atoms with van der Waals surface area (Å²) in [5.74, 6) is 0. The maximum absolute atomic E-state index is 3.45. The van der Waals surface area contributed by atoms with E-state index in [0.717, 1.165) is 0 Å². The Labute approximate surface area is 88.2 Å². The third-order valence-corrected chi connectivity index (χ3v) is 5.15. The van der Waals surface area contributed by atoms with E-state index in [1.807, 2.05) is 0 Å². The summed E-state index contributed by atoms with van der Waals surface area (Å²) >= 11 is 0. The van der Waals surface area contributed by atoms with Gasteiger partial charge in [0.2, 0.25) is 0 Å². The van der Waals surface area contributed by atoms with Gasteiger partial charge in [0.05, 0.1) is 0 Å². The lowest BCUT2D eigenvalue weighted by Crippen LogP contribution is -2.17. The van der Waals surface area contributed by atoms with Crippen LogP contribution in [0.3, 0.4) is 0 Å². The van der Waals surface area contributed by atoms with Crippen LogP contribution >= 0.6 is 7.92 Å². The molecule has 0 aliphatic heterocycles. The van der Waals surface area contributed by atoms with Gasteiger partial charge in [0, 0.05) is 8.41 Å². The molecule has 0 amide bonds. The lowest BCUT2D eigenvalue weighted by Gasteiger charge is -2.22. The summed E-state index contributed by atoms with van der Waals surface area (Å²) in [5, 5.41) is 0.391. The highest BCUT2D eigenvalue weighted by atomic mass is 31.1. The molecule has 0 aliphatic carbocycles. The second-order valence-electron chi connectivity index (χ2n) is 5.22. The van der Waals surface area contributed by atoms with Crippen molar-refractivity contribution >= 4 is 24.4 Å². The summed E-state index contributed by atoms with van der Waals surface area (Å²) < 4.78 is 0. The number of hydrogen-bond acceptors (Lipinski definition) is 0. The fourth-order valence-corrected chi connectivity index (χ4v) is 2.77. The van der Waals surface area contributed by atoms with Crippen LogP contribution in [0.25, 0.3) is 0 Å². The second kappa shape index (κ2) is 5.23. The molecule has 13 heavy (non-hydrogen) atoms. The van der Waals surface area contributed by atoms with Gasteiger partial charge in [0.1, 0.15) is 8.07 Å². The third-order valence-electron chi connectivity index (χ3n) is 1.60. The Morgan fingerprint density at radius 3 is 1.69 bits per heavy atom. The molecule has 0 unspecified atom stereocenters. The summed E-state index contributed by atoms with van der Waals surface area (Å²) in [6.07, 6.45) is 0. The minimum absolute atomic E-state index is 0. The molecule has 0 aliphatic rings. The predicted molar refractivity (Wildman–Crippen MR) is 69.5 cm³/mol. The van der Waals surface area contributed by atoms with Crippen molar-refractivity contribution in [2.24, 2.45) is 0 Å². The molecule has 0 saturated carbocycles. The maximum Gasteiger partial charge on any atom is 0.129 e. The molecule has 73 valence electrons. The van der Waals surface area contributed by atoms with E-state index >= 15 is 0 Å². The van der Waals surface area contributed by atoms with E-state index in [2.05, 4.69) is 58.3 Å². The molecule has 3 heteroatoms. The van der Waals surface area contributed by atoms with Gasteiger partial charge in [-0.25, -0.2) is 0 Å². The van der Waals surface area contributed by atoms with Crippen LogP contribution in [0.4, 0.5) is 0 Å². The molecule has 0 aromatic heterocycles. The maximum atomic E-state index is 3.45. The minimum Gasteiger partial charge on any atom is -0.127 e. The molecule has 0 bridgehead atoms. The zero-order valence-electron chi connectivity index (χ0n) is 10.0. The van der Waals surface area contributed by atoms with Crippen LogP contribution in [0.1, 0.15) is 20.8 Å². The number of hydrogen-bond donors (Lipinski definition) is 0. The Bertz CT molecular complexity index is 202. The molecular weight excluding hydrogens is 190 g/mol. The molecule has 3 radical (unpaired) electrons. The van der Waals surface area contributed by atoms with Crippen molar-refractivity contribution in [2.75, 3.05) is 6.66 Å². The van der Waals surface area contributed by atoms with E-state index < -0.39 is 8.07 Å². The first kappa shape index (κ1) is 15.7. The van der Waals surface area contributed by atoms with Crippen molar-refractivity contribution < 1.29 is 0 Å². The quantitative estimate of drug-likeness (QED) is 0.327. The minimum atomic E-state index is -1.14. The van der Waals surface area contributed by atoms with Gasteiger partial charge in [0.15, 0.2) is 0 Å². The van der Waals surface area contributed by atoms with E-state index in [9.17, 15) is 0 Å². The van der Waals surface area contributed by atoms with Crippen LogP contribution in [0.15, 0.2) is 0 Å². The Morgan fingerprint density at radius 2 is 1.46 bits per heavy atom. The van der Waals surface area contributed by atoms with Gasteiger partial charge in [-0.2, -0.15) is 0 Å². The standard InChI is InChI=1S/C10H21PSi.B/c1-10(2,3)11(4)8-9-12(5,6)7;/h1-7H3;/t11-;/m1./s1. The average molecular weight is 211 g/mol. The lowest BCUT2D eigenvalue weighted by atomic mass is 10.3. The molecular formula is C10H21BPSi. The molecule has 0 aromatic carbocycles. The monoisotopic (exact) mass is 211 g/mol. The van der Waals surface area contributed by atoms with Crippen molar-refractivity contribution in [3.63, 3.8) is 0 Å². The Kier molecular flexibility index (Phi) is 6.32. The fraction of sp³-hybridized carbons (Fsp3) is 0.800. The van der Waals surface area contributed by atoms with Crippen LogP contribution < -0.4 is 0 Å². The fourth-order valence-electron chi connectivity index (χ4n) is 0.419. The van der Waals surface area contributed by atoms with E-state index in [1.165, 1.54) is 0 Å². The zero-order valence-corrected chi connectivity index (χ0v) is 11.9. The second-order valence-corrected chi connectivity index (χ2v) is 12.6. The van der Waals surface area contributed by atoms with Crippen LogP contribution in [-0.2, 0) is 0 Å². The Balaban J connectivity index is 0. The molecule has 0 fully saturated rings. The van der Waals surface area contributed by atoms with E-state index in [4.69, 9.17) is 0 Å². The number of rotatable bonds is 0.